The lowest BCUT2D eigenvalue weighted by Gasteiger charge is -2.05. The van der Waals surface area contributed by atoms with Crippen molar-refractivity contribution in [1.82, 2.24) is 14.5 Å². The molecule has 0 saturated heterocycles. The quantitative estimate of drug-likeness (QED) is 0.822. The van der Waals surface area contributed by atoms with Crippen molar-refractivity contribution in [2.45, 2.75) is 12.5 Å². The minimum Gasteiger partial charge on any atom is -0.340 e. The molecule has 0 aromatic carbocycles. The van der Waals surface area contributed by atoms with Crippen LogP contribution in [0.15, 0.2) is 24.2 Å². The first kappa shape index (κ1) is 9.36. The molecule has 2 heterocycles. The van der Waals surface area contributed by atoms with Crippen LogP contribution in [0, 0.1) is 0 Å². The Hall–Kier alpha value is -1.20. The van der Waals surface area contributed by atoms with Gasteiger partial charge in [-0.1, -0.05) is 0 Å². The van der Waals surface area contributed by atoms with Gasteiger partial charge in [-0.3, -0.25) is 4.98 Å². The number of imidazole rings is 1. The van der Waals surface area contributed by atoms with Gasteiger partial charge >= 0.3 is 0 Å². The van der Waals surface area contributed by atoms with E-state index in [9.17, 15) is 0 Å². The van der Waals surface area contributed by atoms with Gasteiger partial charge < -0.3 is 10.3 Å². The van der Waals surface area contributed by atoms with Crippen molar-refractivity contribution in [2.24, 2.45) is 12.8 Å². The lowest BCUT2D eigenvalue weighted by Crippen LogP contribution is -2.13. The van der Waals surface area contributed by atoms with E-state index < -0.39 is 0 Å². The zero-order chi connectivity index (χ0) is 9.97. The summed E-state index contributed by atoms with van der Waals surface area (Å²) in [7, 11) is 1.94. The van der Waals surface area contributed by atoms with Crippen molar-refractivity contribution >= 4 is 11.3 Å². The number of rotatable bonds is 3. The molecule has 1 atom stereocenters. The molecule has 2 aromatic heterocycles. The highest BCUT2D eigenvalue weighted by molar-refractivity contribution is 7.09. The molecular formula is C9H12N4S. The van der Waals surface area contributed by atoms with Crippen molar-refractivity contribution < 1.29 is 0 Å². The fraction of sp³-hybridized carbons (Fsp3) is 0.333. The zero-order valence-electron chi connectivity index (χ0n) is 7.92. The van der Waals surface area contributed by atoms with Crippen LogP contribution in [0.2, 0.25) is 0 Å². The fourth-order valence-corrected chi connectivity index (χ4v) is 1.94. The van der Waals surface area contributed by atoms with Gasteiger partial charge in [0.2, 0.25) is 0 Å². The lowest BCUT2D eigenvalue weighted by molar-refractivity contribution is 0.706. The van der Waals surface area contributed by atoms with E-state index in [1.807, 2.05) is 29.5 Å². The molecule has 74 valence electrons. The van der Waals surface area contributed by atoms with Crippen molar-refractivity contribution in [3.05, 3.63) is 34.8 Å². The molecule has 0 fully saturated rings. The first-order chi connectivity index (χ1) is 6.75. The van der Waals surface area contributed by atoms with E-state index in [1.54, 1.807) is 17.7 Å². The summed E-state index contributed by atoms with van der Waals surface area (Å²) in [6.45, 7) is 0. The number of hydrogen-bond acceptors (Lipinski definition) is 4. The number of nitrogens with two attached hydrogens (primary N) is 1. The van der Waals surface area contributed by atoms with Gasteiger partial charge in [0.05, 0.1) is 23.6 Å². The third kappa shape index (κ3) is 2.00. The Bertz CT molecular complexity index is 393. The van der Waals surface area contributed by atoms with Crippen LogP contribution in [0.25, 0.3) is 0 Å². The van der Waals surface area contributed by atoms with Crippen molar-refractivity contribution in [1.29, 1.82) is 0 Å². The molecule has 14 heavy (non-hydrogen) atoms. The summed E-state index contributed by atoms with van der Waals surface area (Å²) in [6, 6.07) is -0.0309. The highest BCUT2D eigenvalue weighted by atomic mass is 32.1. The maximum atomic E-state index is 6.00. The Balaban J connectivity index is 2.06. The van der Waals surface area contributed by atoms with E-state index in [4.69, 9.17) is 5.73 Å². The van der Waals surface area contributed by atoms with Crippen LogP contribution in [0.1, 0.15) is 16.6 Å². The summed E-state index contributed by atoms with van der Waals surface area (Å²) in [5, 5.41) is 0. The van der Waals surface area contributed by atoms with Gasteiger partial charge in [0, 0.05) is 30.7 Å². The minimum absolute atomic E-state index is 0.0309. The van der Waals surface area contributed by atoms with Gasteiger partial charge in [0.1, 0.15) is 0 Å². The second kappa shape index (κ2) is 3.89. The van der Waals surface area contributed by atoms with Gasteiger partial charge in [0.25, 0.3) is 0 Å². The molecule has 2 N–H and O–H groups in total. The molecule has 1 unspecified atom stereocenters. The summed E-state index contributed by atoms with van der Waals surface area (Å²) >= 11 is 1.63. The molecule has 5 heteroatoms. The average molecular weight is 208 g/mol. The standard InChI is InChI=1S/C9H12N4S/c1-13-4-9(12-5-13)8(10)2-7-3-11-6-14-7/h3-6,8H,2,10H2,1H3. The molecule has 0 amide bonds. The predicted molar refractivity (Wildman–Crippen MR) is 56.0 cm³/mol. The summed E-state index contributed by atoms with van der Waals surface area (Å²) in [4.78, 5) is 9.43. The van der Waals surface area contributed by atoms with Gasteiger partial charge in [-0.15, -0.1) is 11.3 Å². The van der Waals surface area contributed by atoms with Crippen molar-refractivity contribution in [3.8, 4) is 0 Å². The topological polar surface area (TPSA) is 56.7 Å². The van der Waals surface area contributed by atoms with Crippen LogP contribution < -0.4 is 5.73 Å². The molecule has 0 aliphatic carbocycles. The Labute approximate surface area is 86.4 Å². The average Bonchev–Trinajstić information content (AvgIpc) is 2.75. The van der Waals surface area contributed by atoms with Gasteiger partial charge in [-0.25, -0.2) is 4.98 Å². The van der Waals surface area contributed by atoms with Crippen molar-refractivity contribution in [3.63, 3.8) is 0 Å². The van der Waals surface area contributed by atoms with Crippen LogP contribution in [0.4, 0.5) is 0 Å². The smallest absolute Gasteiger partial charge is 0.0947 e. The van der Waals surface area contributed by atoms with E-state index in [-0.39, 0.29) is 6.04 Å². The summed E-state index contributed by atoms with van der Waals surface area (Å²) in [5.41, 5.74) is 8.75. The number of thiazole rings is 1. The summed E-state index contributed by atoms with van der Waals surface area (Å²) in [5.74, 6) is 0. The normalized spacial score (nSPS) is 13.0. The molecule has 2 aromatic rings. The first-order valence-corrected chi connectivity index (χ1v) is 5.24. The Morgan fingerprint density at radius 1 is 1.64 bits per heavy atom. The fourth-order valence-electron chi connectivity index (χ4n) is 1.29. The second-order valence-corrected chi connectivity index (χ2v) is 4.21. The zero-order valence-corrected chi connectivity index (χ0v) is 8.74. The predicted octanol–water partition coefficient (Wildman–Crippen LogP) is 1.12. The van der Waals surface area contributed by atoms with Crippen LogP contribution in [0.3, 0.4) is 0 Å². The van der Waals surface area contributed by atoms with Gasteiger partial charge in [-0.2, -0.15) is 0 Å². The van der Waals surface area contributed by atoms with Crippen LogP contribution in [-0.4, -0.2) is 14.5 Å². The third-order valence-electron chi connectivity index (χ3n) is 2.01. The highest BCUT2D eigenvalue weighted by Gasteiger charge is 2.10. The molecule has 2 rings (SSSR count). The van der Waals surface area contributed by atoms with E-state index in [0.29, 0.717) is 0 Å². The Morgan fingerprint density at radius 2 is 2.50 bits per heavy atom. The molecule has 0 saturated carbocycles. The second-order valence-electron chi connectivity index (χ2n) is 3.24. The molecule has 0 bridgehead atoms. The Kier molecular flexibility index (Phi) is 2.60. The van der Waals surface area contributed by atoms with E-state index >= 15 is 0 Å². The first-order valence-electron chi connectivity index (χ1n) is 4.36. The maximum Gasteiger partial charge on any atom is 0.0947 e. The van der Waals surface area contributed by atoms with Crippen LogP contribution in [0.5, 0.6) is 0 Å². The third-order valence-corrected chi connectivity index (χ3v) is 2.81. The van der Waals surface area contributed by atoms with Crippen LogP contribution in [-0.2, 0) is 13.5 Å². The minimum atomic E-state index is -0.0309. The van der Waals surface area contributed by atoms with Crippen LogP contribution >= 0.6 is 11.3 Å². The number of aryl methyl sites for hydroxylation is 1. The van der Waals surface area contributed by atoms with E-state index in [1.165, 1.54) is 4.88 Å². The van der Waals surface area contributed by atoms with E-state index in [0.717, 1.165) is 12.1 Å². The number of hydrogen-bond donors (Lipinski definition) is 1. The van der Waals surface area contributed by atoms with E-state index in [2.05, 4.69) is 9.97 Å². The van der Waals surface area contributed by atoms with Gasteiger partial charge in [-0.05, 0) is 0 Å². The lowest BCUT2D eigenvalue weighted by atomic mass is 10.1. The van der Waals surface area contributed by atoms with Gasteiger partial charge in [0.15, 0.2) is 0 Å². The molecular weight excluding hydrogens is 196 g/mol. The molecule has 0 spiro atoms. The maximum absolute atomic E-state index is 6.00. The molecule has 0 aliphatic rings. The highest BCUT2D eigenvalue weighted by Crippen LogP contribution is 2.16. The molecule has 0 aliphatic heterocycles. The summed E-state index contributed by atoms with van der Waals surface area (Å²) < 4.78 is 1.90. The van der Waals surface area contributed by atoms with Crippen molar-refractivity contribution in [2.75, 3.05) is 0 Å². The molecule has 0 radical (unpaired) electrons. The summed E-state index contributed by atoms with van der Waals surface area (Å²) in [6.07, 6.45) is 6.38. The largest absolute Gasteiger partial charge is 0.340 e. The monoisotopic (exact) mass is 208 g/mol. The Morgan fingerprint density at radius 3 is 3.07 bits per heavy atom. The molecule has 4 nitrogen and oxygen atoms in total. The number of nitrogens with zero attached hydrogens (tertiary/aromatic N) is 3. The number of aromatic nitrogens is 3. The SMILES string of the molecule is Cn1cnc(C(N)Cc2cncs2)c1.